The van der Waals surface area contributed by atoms with Crippen molar-refractivity contribution in [1.82, 2.24) is 10.3 Å². The molecule has 0 atom stereocenters. The highest BCUT2D eigenvalue weighted by Gasteiger charge is 2.32. The molecule has 100 valence electrons. The fourth-order valence-corrected chi connectivity index (χ4v) is 2.04. The van der Waals surface area contributed by atoms with Gasteiger partial charge >= 0.3 is 5.97 Å². The van der Waals surface area contributed by atoms with E-state index in [-0.39, 0.29) is 12.5 Å². The van der Waals surface area contributed by atoms with Crippen molar-refractivity contribution in [2.75, 3.05) is 18.4 Å². The number of thiazole rings is 1. The SMILES string of the molecule is CCNC(=O)CNc1nc(C(C)(C)C(=O)O)cs1. The summed E-state index contributed by atoms with van der Waals surface area (Å²) in [6, 6.07) is 0. The first-order valence-electron chi connectivity index (χ1n) is 5.58. The average molecular weight is 271 g/mol. The molecule has 7 heteroatoms. The van der Waals surface area contributed by atoms with Crippen LogP contribution in [0, 0.1) is 0 Å². The van der Waals surface area contributed by atoms with E-state index in [0.717, 1.165) is 0 Å². The predicted octanol–water partition coefficient (Wildman–Crippen LogP) is 1.05. The van der Waals surface area contributed by atoms with Gasteiger partial charge in [-0.3, -0.25) is 9.59 Å². The minimum Gasteiger partial charge on any atom is -0.481 e. The summed E-state index contributed by atoms with van der Waals surface area (Å²) in [5.41, 5.74) is -0.541. The van der Waals surface area contributed by atoms with Crippen molar-refractivity contribution in [2.45, 2.75) is 26.2 Å². The maximum Gasteiger partial charge on any atom is 0.315 e. The van der Waals surface area contributed by atoms with Crippen LogP contribution in [-0.4, -0.2) is 35.1 Å². The van der Waals surface area contributed by atoms with E-state index in [0.29, 0.717) is 17.4 Å². The molecule has 0 unspecified atom stereocenters. The molecule has 0 saturated carbocycles. The maximum atomic E-state index is 11.2. The quantitative estimate of drug-likeness (QED) is 0.719. The number of carboxylic acid groups (broad SMARTS) is 1. The molecule has 0 bridgehead atoms. The van der Waals surface area contributed by atoms with E-state index in [1.807, 2.05) is 6.92 Å². The van der Waals surface area contributed by atoms with E-state index < -0.39 is 11.4 Å². The minimum atomic E-state index is -1.03. The highest BCUT2D eigenvalue weighted by atomic mass is 32.1. The molecule has 0 aliphatic carbocycles. The minimum absolute atomic E-state index is 0.119. The number of hydrogen-bond donors (Lipinski definition) is 3. The first-order valence-corrected chi connectivity index (χ1v) is 6.45. The summed E-state index contributed by atoms with van der Waals surface area (Å²) in [4.78, 5) is 26.5. The van der Waals surface area contributed by atoms with Gasteiger partial charge in [0.2, 0.25) is 5.91 Å². The van der Waals surface area contributed by atoms with Gasteiger partial charge in [0, 0.05) is 11.9 Å². The first-order chi connectivity index (χ1) is 8.37. The highest BCUT2D eigenvalue weighted by Crippen LogP contribution is 2.27. The number of carbonyl (C=O) groups excluding carboxylic acids is 1. The Morgan fingerprint density at radius 2 is 2.17 bits per heavy atom. The molecular formula is C11H17N3O3S. The van der Waals surface area contributed by atoms with Gasteiger partial charge in [0.1, 0.15) is 5.41 Å². The van der Waals surface area contributed by atoms with Gasteiger partial charge in [0.05, 0.1) is 12.2 Å². The van der Waals surface area contributed by atoms with Gasteiger partial charge in [0.15, 0.2) is 5.13 Å². The van der Waals surface area contributed by atoms with Crippen LogP contribution in [0.15, 0.2) is 5.38 Å². The molecule has 0 fully saturated rings. The number of amides is 1. The largest absolute Gasteiger partial charge is 0.481 e. The number of likely N-dealkylation sites (N-methyl/N-ethyl adjacent to an activating group) is 1. The molecule has 6 nitrogen and oxygen atoms in total. The van der Waals surface area contributed by atoms with E-state index in [4.69, 9.17) is 5.11 Å². The zero-order valence-electron chi connectivity index (χ0n) is 10.6. The number of rotatable bonds is 6. The van der Waals surface area contributed by atoms with Crippen LogP contribution in [0.5, 0.6) is 0 Å². The van der Waals surface area contributed by atoms with E-state index in [9.17, 15) is 9.59 Å². The van der Waals surface area contributed by atoms with Crippen molar-refractivity contribution in [1.29, 1.82) is 0 Å². The lowest BCUT2D eigenvalue weighted by molar-refractivity contribution is -0.142. The number of anilines is 1. The fourth-order valence-electron chi connectivity index (χ4n) is 1.17. The normalized spacial score (nSPS) is 11.1. The molecule has 0 saturated heterocycles. The van der Waals surface area contributed by atoms with Gasteiger partial charge < -0.3 is 15.7 Å². The molecule has 1 aromatic heterocycles. The Kier molecular flexibility index (Phi) is 4.66. The second-order valence-electron chi connectivity index (χ2n) is 4.28. The Morgan fingerprint density at radius 3 is 2.72 bits per heavy atom. The Labute approximate surface area is 109 Å². The molecule has 0 aliphatic heterocycles. The summed E-state index contributed by atoms with van der Waals surface area (Å²) in [6.45, 7) is 5.74. The third-order valence-corrected chi connectivity index (χ3v) is 3.25. The third kappa shape index (κ3) is 3.43. The Balaban J connectivity index is 2.64. The van der Waals surface area contributed by atoms with Crippen LogP contribution in [0.2, 0.25) is 0 Å². The van der Waals surface area contributed by atoms with Crippen LogP contribution in [0.25, 0.3) is 0 Å². The van der Waals surface area contributed by atoms with Gasteiger partial charge in [-0.1, -0.05) is 0 Å². The van der Waals surface area contributed by atoms with Gasteiger partial charge in [-0.05, 0) is 20.8 Å². The number of aliphatic carboxylic acids is 1. The van der Waals surface area contributed by atoms with Gasteiger partial charge in [0.25, 0.3) is 0 Å². The number of carbonyl (C=O) groups is 2. The van der Waals surface area contributed by atoms with Gasteiger partial charge in [-0.25, -0.2) is 4.98 Å². The summed E-state index contributed by atoms with van der Waals surface area (Å²) < 4.78 is 0. The van der Waals surface area contributed by atoms with Crippen LogP contribution in [0.3, 0.4) is 0 Å². The van der Waals surface area contributed by atoms with E-state index in [1.165, 1.54) is 11.3 Å². The number of hydrogen-bond acceptors (Lipinski definition) is 5. The smallest absolute Gasteiger partial charge is 0.315 e. The summed E-state index contributed by atoms with van der Waals surface area (Å²) in [6.07, 6.45) is 0. The molecule has 0 radical (unpaired) electrons. The van der Waals surface area contributed by atoms with Crippen LogP contribution < -0.4 is 10.6 Å². The highest BCUT2D eigenvalue weighted by molar-refractivity contribution is 7.13. The van der Waals surface area contributed by atoms with Crippen LogP contribution in [0.1, 0.15) is 26.5 Å². The van der Waals surface area contributed by atoms with Crippen LogP contribution >= 0.6 is 11.3 Å². The second-order valence-corrected chi connectivity index (χ2v) is 5.13. The van der Waals surface area contributed by atoms with Crippen LogP contribution in [-0.2, 0) is 15.0 Å². The standard InChI is InChI=1S/C11H17N3O3S/c1-4-12-8(15)5-13-10-14-7(6-18-10)11(2,3)9(16)17/h6H,4-5H2,1-3H3,(H,12,15)(H,13,14)(H,16,17). The molecule has 1 heterocycles. The summed E-state index contributed by atoms with van der Waals surface area (Å²) in [7, 11) is 0. The molecule has 0 spiro atoms. The molecule has 1 aromatic rings. The second kappa shape index (κ2) is 5.81. The predicted molar refractivity (Wildman–Crippen MR) is 69.9 cm³/mol. The van der Waals surface area contributed by atoms with Gasteiger partial charge in [-0.2, -0.15) is 0 Å². The molecule has 3 N–H and O–H groups in total. The molecule has 18 heavy (non-hydrogen) atoms. The first kappa shape index (κ1) is 14.4. The van der Waals surface area contributed by atoms with Crippen molar-refractivity contribution in [3.63, 3.8) is 0 Å². The maximum absolute atomic E-state index is 11.2. The van der Waals surface area contributed by atoms with Crippen molar-refractivity contribution >= 4 is 28.3 Å². The number of nitrogens with zero attached hydrogens (tertiary/aromatic N) is 1. The third-order valence-electron chi connectivity index (χ3n) is 2.45. The van der Waals surface area contributed by atoms with E-state index >= 15 is 0 Å². The average Bonchev–Trinajstić information content (AvgIpc) is 2.75. The number of carboxylic acids is 1. The van der Waals surface area contributed by atoms with E-state index in [1.54, 1.807) is 19.2 Å². The monoisotopic (exact) mass is 271 g/mol. The summed E-state index contributed by atoms with van der Waals surface area (Å²) >= 11 is 1.29. The summed E-state index contributed by atoms with van der Waals surface area (Å²) in [5, 5.41) is 16.8. The number of nitrogens with one attached hydrogen (secondary N) is 2. The van der Waals surface area contributed by atoms with Crippen molar-refractivity contribution in [2.24, 2.45) is 0 Å². The lowest BCUT2D eigenvalue weighted by atomic mass is 9.90. The Bertz CT molecular complexity index is 442. The lowest BCUT2D eigenvalue weighted by Gasteiger charge is -2.15. The van der Waals surface area contributed by atoms with Crippen molar-refractivity contribution in [3.8, 4) is 0 Å². The Hall–Kier alpha value is -1.63. The molecule has 1 amide bonds. The topological polar surface area (TPSA) is 91.3 Å². The fraction of sp³-hybridized carbons (Fsp3) is 0.545. The van der Waals surface area contributed by atoms with Gasteiger partial charge in [-0.15, -0.1) is 11.3 Å². The zero-order chi connectivity index (χ0) is 13.8. The Morgan fingerprint density at radius 1 is 1.50 bits per heavy atom. The van der Waals surface area contributed by atoms with Crippen LogP contribution in [0.4, 0.5) is 5.13 Å². The van der Waals surface area contributed by atoms with E-state index in [2.05, 4.69) is 15.6 Å². The molecule has 1 rings (SSSR count). The molecular weight excluding hydrogens is 254 g/mol. The van der Waals surface area contributed by atoms with Crippen molar-refractivity contribution in [3.05, 3.63) is 11.1 Å². The molecule has 0 aliphatic rings. The summed E-state index contributed by atoms with van der Waals surface area (Å²) in [5.74, 6) is -1.05. The van der Waals surface area contributed by atoms with Crippen molar-refractivity contribution < 1.29 is 14.7 Å². The lowest BCUT2D eigenvalue weighted by Crippen LogP contribution is -2.30. The molecule has 0 aromatic carbocycles. The number of aromatic nitrogens is 1. The zero-order valence-corrected chi connectivity index (χ0v) is 11.4.